The lowest BCUT2D eigenvalue weighted by Gasteiger charge is -2.56. The third-order valence-electron chi connectivity index (χ3n) is 11.7. The fourth-order valence-electron chi connectivity index (χ4n) is 8.33. The number of nitrogens with zero attached hydrogens (tertiary/aromatic N) is 4. The summed E-state index contributed by atoms with van der Waals surface area (Å²) < 4.78 is 26.1. The molecule has 7 aromatic rings. The molecule has 0 aliphatic carbocycles. The van der Waals surface area contributed by atoms with Crippen LogP contribution in [0.15, 0.2) is 122 Å². The van der Waals surface area contributed by atoms with Crippen LogP contribution in [0.1, 0.15) is 64.2 Å². The molecule has 0 amide bonds. The van der Waals surface area contributed by atoms with Crippen LogP contribution in [0.3, 0.4) is 0 Å². The number of hydrogen-bond acceptors (Lipinski definition) is 10. The predicted octanol–water partition coefficient (Wildman–Crippen LogP) is 7.79. The molecule has 0 bridgehead atoms. The number of benzene rings is 5. The molecule has 7 N–H and O–H groups in total. The molecular weight excluding hydrogens is 774 g/mol. The number of hydrogen-bond donors (Lipinski definition) is 7. The van der Waals surface area contributed by atoms with Gasteiger partial charge in [0.25, 0.3) is 0 Å². The first-order valence-corrected chi connectivity index (χ1v) is 20.5. The number of para-hydroxylation sites is 4. The average Bonchev–Trinajstić information content (AvgIpc) is 3.85. The molecule has 12 nitrogen and oxygen atoms in total. The van der Waals surface area contributed by atoms with Crippen molar-refractivity contribution in [1.29, 1.82) is 0 Å². The van der Waals surface area contributed by atoms with Crippen LogP contribution in [0.2, 0.25) is 0 Å². The third kappa shape index (κ3) is 8.92. The topological polar surface area (TPSA) is 162 Å². The van der Waals surface area contributed by atoms with Crippen molar-refractivity contribution >= 4 is 27.8 Å². The van der Waals surface area contributed by atoms with Crippen molar-refractivity contribution in [2.45, 2.75) is 95.5 Å². The molecule has 320 valence electrons. The van der Waals surface area contributed by atoms with Crippen LogP contribution in [0, 0.1) is 5.82 Å². The molecule has 5 aromatic carbocycles. The van der Waals surface area contributed by atoms with Crippen LogP contribution in [-0.4, -0.2) is 69.5 Å². The van der Waals surface area contributed by atoms with Crippen LogP contribution in [0.5, 0.6) is 17.2 Å². The van der Waals surface area contributed by atoms with Gasteiger partial charge in [-0.3, -0.25) is 10.6 Å². The number of phenols is 2. The van der Waals surface area contributed by atoms with Gasteiger partial charge in [-0.1, -0.05) is 42.5 Å². The first-order chi connectivity index (χ1) is 29.0. The number of aromatic hydroxyl groups is 2. The van der Waals surface area contributed by atoms with Gasteiger partial charge in [-0.05, 0) is 119 Å². The zero-order valence-electron chi connectivity index (χ0n) is 35.5. The third-order valence-corrected chi connectivity index (χ3v) is 11.7. The fraction of sp³-hybridized carbons (Fsp3) is 0.333. The number of nitrogens with one attached hydrogen (secondary N) is 3. The highest BCUT2D eigenvalue weighted by Crippen LogP contribution is 2.46. The molecule has 2 aromatic heterocycles. The average molecular weight is 830 g/mol. The molecule has 0 spiro atoms. The number of methoxy groups -OCH3 is 1. The van der Waals surface area contributed by atoms with E-state index in [1.165, 1.54) is 24.3 Å². The van der Waals surface area contributed by atoms with Crippen LogP contribution < -0.4 is 20.7 Å². The molecular formula is C48H56FN7O5. The Hall–Kier alpha value is -5.99. The van der Waals surface area contributed by atoms with E-state index in [9.17, 15) is 20.4 Å². The predicted molar refractivity (Wildman–Crippen MR) is 237 cm³/mol. The zero-order valence-corrected chi connectivity index (χ0v) is 35.5. The summed E-state index contributed by atoms with van der Waals surface area (Å²) in [5.41, 5.74) is -1.36. The lowest BCUT2D eigenvalue weighted by molar-refractivity contribution is -0.127. The number of halogens is 1. The number of phenolic OH excluding ortho intramolecular Hbond substituents is 2. The quantitative estimate of drug-likeness (QED) is 0.0336. The lowest BCUT2D eigenvalue weighted by atomic mass is 9.70. The number of aromatic nitrogens is 4. The minimum absolute atomic E-state index is 0.102. The molecule has 2 atom stereocenters. The largest absolute Gasteiger partial charge is 0.508 e. The van der Waals surface area contributed by atoms with Gasteiger partial charge in [-0.2, -0.15) is 0 Å². The van der Waals surface area contributed by atoms with Crippen molar-refractivity contribution < 1.29 is 29.6 Å². The number of aliphatic hydroxyl groups is 2. The minimum Gasteiger partial charge on any atom is -0.508 e. The van der Waals surface area contributed by atoms with Crippen molar-refractivity contribution in [3.05, 3.63) is 144 Å². The zero-order chi connectivity index (χ0) is 43.6. The van der Waals surface area contributed by atoms with E-state index in [1.54, 1.807) is 32.8 Å². The van der Waals surface area contributed by atoms with Crippen molar-refractivity contribution in [3.63, 3.8) is 0 Å². The number of imidazole rings is 2. The highest BCUT2D eigenvalue weighted by Gasteiger charge is 2.60. The number of aryl methyl sites for hydroxylation is 2. The Bertz CT molecular complexity index is 2510. The van der Waals surface area contributed by atoms with Crippen LogP contribution >= 0.6 is 0 Å². The van der Waals surface area contributed by atoms with Gasteiger partial charge >= 0.3 is 0 Å². The molecule has 0 aliphatic heterocycles. The number of ether oxygens (including phenoxy) is 1. The summed E-state index contributed by atoms with van der Waals surface area (Å²) in [7, 11) is 1.59. The van der Waals surface area contributed by atoms with Crippen molar-refractivity contribution in [2.75, 3.05) is 12.4 Å². The number of anilines is 1. The van der Waals surface area contributed by atoms with E-state index in [1.807, 2.05) is 100 Å². The van der Waals surface area contributed by atoms with E-state index >= 15 is 4.39 Å². The Morgan fingerprint density at radius 2 is 1.30 bits per heavy atom. The summed E-state index contributed by atoms with van der Waals surface area (Å²) in [6.45, 7) is 10.8. The van der Waals surface area contributed by atoms with Gasteiger partial charge in [-0.15, -0.1) is 0 Å². The van der Waals surface area contributed by atoms with Gasteiger partial charge in [0.2, 0.25) is 0 Å². The second-order valence-corrected chi connectivity index (χ2v) is 17.2. The van der Waals surface area contributed by atoms with Gasteiger partial charge in [0, 0.05) is 42.3 Å². The maximum Gasteiger partial charge on any atom is 0.151 e. The molecule has 2 heterocycles. The monoisotopic (exact) mass is 829 g/mol. The molecule has 0 saturated heterocycles. The van der Waals surface area contributed by atoms with Crippen molar-refractivity contribution in [1.82, 2.24) is 29.7 Å². The van der Waals surface area contributed by atoms with Crippen LogP contribution in [0.4, 0.5) is 10.1 Å². The maximum atomic E-state index is 16.7. The first kappa shape index (κ1) is 43.1. The number of aliphatic hydroxyl groups excluding tert-OH is 1. The Labute approximate surface area is 355 Å². The second kappa shape index (κ2) is 17.2. The van der Waals surface area contributed by atoms with Gasteiger partial charge in [-0.25, -0.2) is 14.4 Å². The molecule has 13 heteroatoms. The van der Waals surface area contributed by atoms with Gasteiger partial charge in [0.1, 0.15) is 28.7 Å². The maximum absolute atomic E-state index is 16.7. The van der Waals surface area contributed by atoms with Gasteiger partial charge in [0.15, 0.2) is 5.60 Å². The highest BCUT2D eigenvalue weighted by molar-refractivity contribution is 5.75. The molecule has 0 radical (unpaired) electrons. The SMILES string of the molecule is COc1ccc(CNc2cc(C(O)(c3ccc(O)cc3F)C(NC(C)(C)CCn3cnc4ccccc43)(NC(C)(C)CCn3cnc4ccccc43)C(C)O)ccc2O)cc1. The normalized spacial score (nSPS) is 14.0. The summed E-state index contributed by atoms with van der Waals surface area (Å²) in [4.78, 5) is 9.15. The van der Waals surface area contributed by atoms with Crippen molar-refractivity contribution in [2.24, 2.45) is 0 Å². The summed E-state index contributed by atoms with van der Waals surface area (Å²) in [5.74, 6) is -0.635. The summed E-state index contributed by atoms with van der Waals surface area (Å²) >= 11 is 0. The Balaban J connectivity index is 1.35. The standard InChI is InChI=1S/C48H56FN7O5/c1-32(57)48(53-45(2,3)23-25-55-30-51-39-11-7-9-13-42(39)55,54-46(4,5)24-26-56-31-52-40-12-8-10-14-43(40)56)47(60,37-21-18-35(58)28-38(37)49)34-17-22-44(59)41(27-34)50-29-33-15-19-36(61-6)20-16-33/h7-22,27-28,30-32,50,53-54,57-60H,23-26,29H2,1-6H3. The first-order valence-electron chi connectivity index (χ1n) is 20.5. The van der Waals surface area contributed by atoms with Crippen molar-refractivity contribution in [3.8, 4) is 17.2 Å². The Kier molecular flexibility index (Phi) is 12.1. The summed E-state index contributed by atoms with van der Waals surface area (Å²) in [5, 5.41) is 58.7. The molecule has 0 fully saturated rings. The minimum atomic E-state index is -2.43. The lowest BCUT2D eigenvalue weighted by Crippen LogP contribution is -2.80. The molecule has 0 saturated carbocycles. The summed E-state index contributed by atoms with van der Waals surface area (Å²) in [6.07, 6.45) is 3.15. The molecule has 61 heavy (non-hydrogen) atoms. The fourth-order valence-corrected chi connectivity index (χ4v) is 8.33. The Morgan fingerprint density at radius 1 is 0.738 bits per heavy atom. The molecule has 0 aliphatic rings. The van der Waals surface area contributed by atoms with E-state index in [2.05, 4.69) is 35.1 Å². The smallest absolute Gasteiger partial charge is 0.151 e. The van der Waals surface area contributed by atoms with E-state index < -0.39 is 34.3 Å². The number of fused-ring (bicyclic) bond motifs is 2. The van der Waals surface area contributed by atoms with E-state index in [-0.39, 0.29) is 28.3 Å². The van der Waals surface area contributed by atoms with Crippen LogP contribution in [0.25, 0.3) is 22.1 Å². The highest BCUT2D eigenvalue weighted by atomic mass is 19.1. The van der Waals surface area contributed by atoms with Gasteiger partial charge in [0.05, 0.1) is 53.6 Å². The Morgan fingerprint density at radius 3 is 1.82 bits per heavy atom. The summed E-state index contributed by atoms with van der Waals surface area (Å²) in [6, 6.07) is 31.3. The van der Waals surface area contributed by atoms with E-state index in [0.29, 0.717) is 38.2 Å². The molecule has 7 rings (SSSR count). The van der Waals surface area contributed by atoms with Crippen LogP contribution in [-0.2, 0) is 25.2 Å². The number of rotatable bonds is 18. The molecule has 2 unspecified atom stereocenters. The van der Waals surface area contributed by atoms with E-state index in [4.69, 9.17) is 4.74 Å². The van der Waals surface area contributed by atoms with E-state index in [0.717, 1.165) is 33.7 Å². The van der Waals surface area contributed by atoms with Gasteiger partial charge < -0.3 is 39.6 Å². The second-order valence-electron chi connectivity index (χ2n) is 17.2.